The summed E-state index contributed by atoms with van der Waals surface area (Å²) in [5.74, 6) is -0.476. The number of sulfonamides is 1. The number of carbonyl (C=O) groups is 1. The molecule has 10 nitrogen and oxygen atoms in total. The van der Waals surface area contributed by atoms with E-state index in [1.54, 1.807) is 24.3 Å². The zero-order chi connectivity index (χ0) is 34.7. The van der Waals surface area contributed by atoms with Gasteiger partial charge in [0, 0.05) is 41.0 Å². The number of nitrogens with zero attached hydrogens (tertiary/aromatic N) is 3. The largest absolute Gasteiger partial charge is 0.493 e. The van der Waals surface area contributed by atoms with Gasteiger partial charge in [-0.2, -0.15) is 0 Å². The van der Waals surface area contributed by atoms with Crippen LogP contribution in [0, 0.1) is 0 Å². The molecule has 0 amide bonds. The fourth-order valence-corrected chi connectivity index (χ4v) is 7.71. The predicted molar refractivity (Wildman–Crippen MR) is 190 cm³/mol. The smallest absolute Gasteiger partial charge is 0.335 e. The molecule has 7 aromatic rings. The van der Waals surface area contributed by atoms with E-state index in [2.05, 4.69) is 43.9 Å². The molecule has 0 bridgehead atoms. The molecule has 0 atom stereocenters. The van der Waals surface area contributed by atoms with Gasteiger partial charge in [-0.1, -0.05) is 78.3 Å². The lowest BCUT2D eigenvalue weighted by atomic mass is 9.97. The molecule has 2 N–H and O–H groups in total. The molecule has 0 aliphatic rings. The summed E-state index contributed by atoms with van der Waals surface area (Å²) >= 11 is 6.61. The van der Waals surface area contributed by atoms with Crippen molar-refractivity contribution in [3.05, 3.63) is 154 Å². The van der Waals surface area contributed by atoms with E-state index >= 15 is 0 Å². The fourth-order valence-electron chi connectivity index (χ4n) is 6.36. The number of nitrogens with one attached hydrogen (secondary N) is 1. The average Bonchev–Trinajstić information content (AvgIpc) is 3.72. The zero-order valence-electron chi connectivity index (χ0n) is 26.6. The number of fused-ring (bicyclic) bond motifs is 2. The van der Waals surface area contributed by atoms with E-state index in [9.17, 15) is 18.3 Å². The maximum atomic E-state index is 13.6. The molecule has 0 aliphatic carbocycles. The Balaban J connectivity index is 1.31. The first-order valence-corrected chi connectivity index (χ1v) is 17.7. The van der Waals surface area contributed by atoms with Crippen LogP contribution in [-0.4, -0.2) is 47.5 Å². The van der Waals surface area contributed by atoms with Crippen LogP contribution in [0.2, 0.25) is 5.02 Å². The summed E-state index contributed by atoms with van der Waals surface area (Å²) in [6.07, 6.45) is 0.796. The van der Waals surface area contributed by atoms with E-state index in [0.717, 1.165) is 33.3 Å². The van der Waals surface area contributed by atoms with Crippen LogP contribution in [0.25, 0.3) is 21.9 Å². The summed E-state index contributed by atoms with van der Waals surface area (Å²) in [4.78, 5) is 11.3. The summed E-state index contributed by atoms with van der Waals surface area (Å²) in [6.45, 7) is 0.355. The lowest BCUT2D eigenvalue weighted by molar-refractivity contribution is 0.0697. The number of halogens is 1. The second-order valence-electron chi connectivity index (χ2n) is 11.6. The molecule has 0 saturated carbocycles. The van der Waals surface area contributed by atoms with Crippen LogP contribution >= 0.6 is 11.6 Å². The van der Waals surface area contributed by atoms with Crippen LogP contribution in [-0.2, 0) is 22.9 Å². The van der Waals surface area contributed by atoms with Gasteiger partial charge >= 0.3 is 5.97 Å². The lowest BCUT2D eigenvalue weighted by Gasteiger charge is -2.25. The van der Waals surface area contributed by atoms with Crippen LogP contribution in [0.15, 0.2) is 131 Å². The van der Waals surface area contributed by atoms with Crippen molar-refractivity contribution in [2.24, 2.45) is 0 Å². The Morgan fingerprint density at radius 3 is 2.24 bits per heavy atom. The standard InChI is InChI=1S/C38H31ClN4O6S/c39-28-16-19-33-31(24-28)30(21-23-48-29-17-14-27(15-18-29)38(44)45)34(20-22-40-50(46,47)35-13-7-12-32-36(35)42-49-41-32)43(33)37(25-8-3-1-4-9-25)26-10-5-2-6-11-26/h1-19,24,37,40H,20-23H2,(H,44,45). The first kappa shape index (κ1) is 33.0. The quantitative estimate of drug-likeness (QED) is 0.127. The molecule has 12 heteroatoms. The third-order valence-electron chi connectivity index (χ3n) is 8.59. The Morgan fingerprint density at radius 1 is 0.860 bits per heavy atom. The second-order valence-corrected chi connectivity index (χ2v) is 13.8. The minimum absolute atomic E-state index is 0.0161. The van der Waals surface area contributed by atoms with Gasteiger partial charge in [0.1, 0.15) is 16.2 Å². The van der Waals surface area contributed by atoms with Gasteiger partial charge in [-0.3, -0.25) is 0 Å². The number of hydrogen-bond acceptors (Lipinski definition) is 7. The molecule has 0 unspecified atom stereocenters. The van der Waals surface area contributed by atoms with Gasteiger partial charge < -0.3 is 14.4 Å². The molecule has 7 rings (SSSR count). The van der Waals surface area contributed by atoms with Crippen LogP contribution in [0.1, 0.15) is 38.8 Å². The van der Waals surface area contributed by atoms with Gasteiger partial charge in [-0.25, -0.2) is 22.6 Å². The number of aromatic carboxylic acids is 1. The predicted octanol–water partition coefficient (Wildman–Crippen LogP) is 7.31. The van der Waals surface area contributed by atoms with Crippen molar-refractivity contribution < 1.29 is 27.7 Å². The molecule has 0 aliphatic heterocycles. The van der Waals surface area contributed by atoms with Crippen LogP contribution in [0.5, 0.6) is 5.75 Å². The number of carboxylic acid groups (broad SMARTS) is 1. The van der Waals surface area contributed by atoms with E-state index in [4.69, 9.17) is 21.0 Å². The Labute approximate surface area is 292 Å². The molecule has 2 heterocycles. The Morgan fingerprint density at radius 2 is 1.56 bits per heavy atom. The van der Waals surface area contributed by atoms with Crippen molar-refractivity contribution in [1.29, 1.82) is 0 Å². The maximum absolute atomic E-state index is 13.6. The molecular formula is C38H31ClN4O6S. The van der Waals surface area contributed by atoms with E-state index in [0.29, 0.717) is 29.1 Å². The maximum Gasteiger partial charge on any atom is 0.335 e. The first-order chi connectivity index (χ1) is 24.3. The molecule has 252 valence electrons. The normalized spacial score (nSPS) is 11.8. The monoisotopic (exact) mass is 706 g/mol. The van der Waals surface area contributed by atoms with Crippen LogP contribution < -0.4 is 9.46 Å². The van der Waals surface area contributed by atoms with E-state index in [1.165, 1.54) is 18.2 Å². The highest BCUT2D eigenvalue weighted by molar-refractivity contribution is 7.89. The summed E-state index contributed by atoms with van der Waals surface area (Å²) in [5.41, 5.74) is 5.59. The summed E-state index contributed by atoms with van der Waals surface area (Å²) in [7, 11) is -3.99. The van der Waals surface area contributed by atoms with Gasteiger partial charge in [-0.05, 0) is 81.6 Å². The third kappa shape index (κ3) is 6.71. The Kier molecular flexibility index (Phi) is 9.36. The minimum atomic E-state index is -3.99. The van der Waals surface area contributed by atoms with Crippen molar-refractivity contribution in [1.82, 2.24) is 19.6 Å². The molecule has 5 aromatic carbocycles. The zero-order valence-corrected chi connectivity index (χ0v) is 28.1. The number of hydrogen-bond donors (Lipinski definition) is 2. The van der Waals surface area contributed by atoms with E-state index < -0.39 is 16.0 Å². The Hall–Kier alpha value is -5.49. The van der Waals surface area contributed by atoms with Crippen molar-refractivity contribution in [3.8, 4) is 5.75 Å². The molecule has 0 saturated heterocycles. The fraction of sp³-hybridized carbons (Fsp3) is 0.132. The number of benzene rings is 5. The van der Waals surface area contributed by atoms with E-state index in [-0.39, 0.29) is 35.2 Å². The summed E-state index contributed by atoms with van der Waals surface area (Å²) in [6, 6.07) is 36.8. The van der Waals surface area contributed by atoms with Crippen molar-refractivity contribution in [2.75, 3.05) is 13.2 Å². The van der Waals surface area contributed by atoms with Crippen molar-refractivity contribution in [2.45, 2.75) is 23.8 Å². The summed E-state index contributed by atoms with van der Waals surface area (Å²) in [5, 5.41) is 18.4. The number of rotatable bonds is 13. The molecule has 0 spiro atoms. The highest BCUT2D eigenvalue weighted by atomic mass is 35.5. The topological polar surface area (TPSA) is 137 Å². The third-order valence-corrected chi connectivity index (χ3v) is 10.3. The average molecular weight is 707 g/mol. The molecule has 50 heavy (non-hydrogen) atoms. The molecular weight excluding hydrogens is 676 g/mol. The number of aromatic nitrogens is 3. The SMILES string of the molecule is O=C(O)c1ccc(OCCc2c(CCNS(=O)(=O)c3cccc4nonc34)n(C(c3ccccc3)c3ccccc3)c3ccc(Cl)cc23)cc1. The number of carboxylic acids is 1. The van der Waals surface area contributed by atoms with Crippen molar-refractivity contribution in [3.63, 3.8) is 0 Å². The highest BCUT2D eigenvalue weighted by Crippen LogP contribution is 2.38. The number of ether oxygens (including phenoxy) is 1. The van der Waals surface area contributed by atoms with Gasteiger partial charge in [0.2, 0.25) is 10.0 Å². The lowest BCUT2D eigenvalue weighted by Crippen LogP contribution is -2.27. The van der Waals surface area contributed by atoms with Crippen LogP contribution in [0.4, 0.5) is 0 Å². The second kappa shape index (κ2) is 14.2. The highest BCUT2D eigenvalue weighted by Gasteiger charge is 2.27. The van der Waals surface area contributed by atoms with Gasteiger partial charge in [0.15, 0.2) is 5.52 Å². The van der Waals surface area contributed by atoms with Crippen molar-refractivity contribution >= 4 is 49.5 Å². The van der Waals surface area contributed by atoms with Crippen LogP contribution in [0.3, 0.4) is 0 Å². The molecule has 0 fully saturated rings. The van der Waals surface area contributed by atoms with E-state index in [1.807, 2.05) is 54.6 Å². The summed E-state index contributed by atoms with van der Waals surface area (Å²) < 4.78 is 43.1. The molecule has 0 radical (unpaired) electrons. The first-order valence-electron chi connectivity index (χ1n) is 15.9. The van der Waals surface area contributed by atoms with Gasteiger partial charge in [-0.15, -0.1) is 0 Å². The minimum Gasteiger partial charge on any atom is -0.493 e. The van der Waals surface area contributed by atoms with Gasteiger partial charge in [0.05, 0.1) is 18.2 Å². The Bertz CT molecular complexity index is 2360. The molecule has 2 aromatic heterocycles. The van der Waals surface area contributed by atoms with Gasteiger partial charge in [0.25, 0.3) is 0 Å².